The van der Waals surface area contributed by atoms with Gasteiger partial charge in [0.05, 0.1) is 13.2 Å². The number of carbonyl (C=O) groups is 1. The predicted octanol–water partition coefficient (Wildman–Crippen LogP) is 2.04. The summed E-state index contributed by atoms with van der Waals surface area (Å²) in [6, 6.07) is 0.461. The van der Waals surface area contributed by atoms with E-state index in [1.54, 1.807) is 0 Å². The van der Waals surface area contributed by atoms with Crippen molar-refractivity contribution in [3.63, 3.8) is 0 Å². The van der Waals surface area contributed by atoms with Gasteiger partial charge in [-0.15, -0.1) is 0 Å². The Morgan fingerprint density at radius 2 is 1.90 bits per heavy atom. The van der Waals surface area contributed by atoms with Crippen molar-refractivity contribution in [2.45, 2.75) is 52.0 Å². The summed E-state index contributed by atoms with van der Waals surface area (Å²) in [4.78, 5) is 16.4. The normalized spacial score (nSPS) is 16.4. The number of amides is 1. The number of hydrogen-bond acceptors (Lipinski definition) is 3. The molecule has 1 N–H and O–H groups in total. The van der Waals surface area contributed by atoms with E-state index in [-0.39, 0.29) is 12.5 Å². The summed E-state index contributed by atoms with van der Waals surface area (Å²) in [5.74, 6) is 0.148. The molecular formula is C16H30N2O2. The molecule has 1 fully saturated rings. The van der Waals surface area contributed by atoms with Crippen LogP contribution in [0.5, 0.6) is 0 Å². The minimum Gasteiger partial charge on any atom is -0.395 e. The highest BCUT2D eigenvalue weighted by Crippen LogP contribution is 2.22. The van der Waals surface area contributed by atoms with Gasteiger partial charge in [-0.05, 0) is 26.7 Å². The Balaban J connectivity index is 2.58. The van der Waals surface area contributed by atoms with Crippen molar-refractivity contribution in [2.24, 2.45) is 0 Å². The molecule has 0 aliphatic heterocycles. The fraction of sp³-hybridized carbons (Fsp3) is 0.812. The van der Waals surface area contributed by atoms with E-state index in [1.807, 2.05) is 18.7 Å². The van der Waals surface area contributed by atoms with E-state index in [0.717, 1.165) is 18.4 Å². The minimum absolute atomic E-state index is 0.121. The van der Waals surface area contributed by atoms with Crippen molar-refractivity contribution < 1.29 is 9.90 Å². The van der Waals surface area contributed by atoms with E-state index in [4.69, 9.17) is 0 Å². The van der Waals surface area contributed by atoms with Crippen molar-refractivity contribution in [1.82, 2.24) is 9.80 Å². The van der Waals surface area contributed by atoms with Gasteiger partial charge in [-0.2, -0.15) is 0 Å². The van der Waals surface area contributed by atoms with Crippen LogP contribution in [0.1, 0.15) is 46.0 Å². The standard InChI is InChI=1S/C16H30N2O2/c1-4-17(12-14(2)3)16(20)13-18(10-11-19)15-8-6-5-7-9-15/h15,19H,2,4-13H2,1,3H3. The van der Waals surface area contributed by atoms with Gasteiger partial charge in [0.15, 0.2) is 0 Å². The van der Waals surface area contributed by atoms with Gasteiger partial charge in [-0.25, -0.2) is 0 Å². The third-order valence-electron chi connectivity index (χ3n) is 4.01. The molecule has 1 aliphatic carbocycles. The second-order valence-electron chi connectivity index (χ2n) is 5.85. The topological polar surface area (TPSA) is 43.8 Å². The van der Waals surface area contributed by atoms with Crippen LogP contribution in [-0.4, -0.2) is 59.6 Å². The number of likely N-dealkylation sites (N-methyl/N-ethyl adjacent to an activating group) is 1. The van der Waals surface area contributed by atoms with Crippen molar-refractivity contribution in [1.29, 1.82) is 0 Å². The van der Waals surface area contributed by atoms with Crippen molar-refractivity contribution >= 4 is 5.91 Å². The van der Waals surface area contributed by atoms with Gasteiger partial charge in [0.25, 0.3) is 0 Å². The molecule has 0 radical (unpaired) electrons. The highest BCUT2D eigenvalue weighted by Gasteiger charge is 2.24. The molecule has 4 nitrogen and oxygen atoms in total. The summed E-state index contributed by atoms with van der Waals surface area (Å²) in [6.07, 6.45) is 6.09. The molecule has 0 aromatic rings. The third-order valence-corrected chi connectivity index (χ3v) is 4.01. The lowest BCUT2D eigenvalue weighted by atomic mass is 9.94. The molecular weight excluding hydrogens is 252 g/mol. The molecule has 0 heterocycles. The first-order valence-corrected chi connectivity index (χ1v) is 7.85. The maximum atomic E-state index is 12.4. The van der Waals surface area contributed by atoms with Crippen LogP contribution in [0.2, 0.25) is 0 Å². The summed E-state index contributed by atoms with van der Waals surface area (Å²) in [7, 11) is 0. The fourth-order valence-electron chi connectivity index (χ4n) is 2.94. The van der Waals surface area contributed by atoms with E-state index in [0.29, 0.717) is 32.2 Å². The highest BCUT2D eigenvalue weighted by atomic mass is 16.3. The Labute approximate surface area is 123 Å². The van der Waals surface area contributed by atoms with Gasteiger partial charge in [-0.1, -0.05) is 31.4 Å². The van der Waals surface area contributed by atoms with E-state index in [2.05, 4.69) is 11.5 Å². The van der Waals surface area contributed by atoms with Crippen LogP contribution in [0.15, 0.2) is 12.2 Å². The molecule has 0 saturated heterocycles. The maximum Gasteiger partial charge on any atom is 0.237 e. The van der Waals surface area contributed by atoms with Crippen molar-refractivity contribution in [3.8, 4) is 0 Å². The Kier molecular flexibility index (Phi) is 7.85. The number of aliphatic hydroxyl groups excluding tert-OH is 1. The zero-order chi connectivity index (χ0) is 15.0. The van der Waals surface area contributed by atoms with Crippen LogP contribution >= 0.6 is 0 Å². The molecule has 0 aromatic carbocycles. The average Bonchev–Trinajstić information content (AvgIpc) is 2.44. The summed E-state index contributed by atoms with van der Waals surface area (Å²) >= 11 is 0. The van der Waals surface area contributed by atoms with E-state index < -0.39 is 0 Å². The lowest BCUT2D eigenvalue weighted by Crippen LogP contribution is -2.46. The van der Waals surface area contributed by atoms with Crippen LogP contribution in [0, 0.1) is 0 Å². The van der Waals surface area contributed by atoms with Gasteiger partial charge in [0.1, 0.15) is 0 Å². The van der Waals surface area contributed by atoms with Crippen LogP contribution in [0.3, 0.4) is 0 Å². The van der Waals surface area contributed by atoms with Gasteiger partial charge in [-0.3, -0.25) is 9.69 Å². The zero-order valence-corrected chi connectivity index (χ0v) is 13.1. The van der Waals surface area contributed by atoms with Gasteiger partial charge >= 0.3 is 0 Å². The van der Waals surface area contributed by atoms with E-state index >= 15 is 0 Å². The molecule has 0 atom stereocenters. The van der Waals surface area contributed by atoms with Crippen LogP contribution in [0.4, 0.5) is 0 Å². The molecule has 116 valence electrons. The van der Waals surface area contributed by atoms with Crippen LogP contribution in [0.25, 0.3) is 0 Å². The molecule has 20 heavy (non-hydrogen) atoms. The second-order valence-corrected chi connectivity index (χ2v) is 5.85. The SMILES string of the molecule is C=C(C)CN(CC)C(=O)CN(CCO)C1CCCCC1. The number of carbonyl (C=O) groups excluding carboxylic acids is 1. The first kappa shape index (κ1) is 17.2. The number of rotatable bonds is 8. The van der Waals surface area contributed by atoms with Gasteiger partial charge < -0.3 is 10.0 Å². The molecule has 0 aromatic heterocycles. The quantitative estimate of drug-likeness (QED) is 0.693. The van der Waals surface area contributed by atoms with Crippen molar-refractivity contribution in [2.75, 3.05) is 32.8 Å². The van der Waals surface area contributed by atoms with E-state index in [9.17, 15) is 9.90 Å². The molecule has 1 rings (SSSR count). The van der Waals surface area contributed by atoms with Crippen LogP contribution < -0.4 is 0 Å². The minimum atomic E-state index is 0.121. The number of nitrogens with zero attached hydrogens (tertiary/aromatic N) is 2. The summed E-state index contributed by atoms with van der Waals surface area (Å²) in [5.41, 5.74) is 1.01. The van der Waals surface area contributed by atoms with E-state index in [1.165, 1.54) is 19.3 Å². The molecule has 0 unspecified atom stereocenters. The van der Waals surface area contributed by atoms with Crippen molar-refractivity contribution in [3.05, 3.63) is 12.2 Å². The predicted molar refractivity (Wildman–Crippen MR) is 82.6 cm³/mol. The lowest BCUT2D eigenvalue weighted by molar-refractivity contribution is -0.132. The Bertz CT molecular complexity index is 312. The average molecular weight is 282 g/mol. The third kappa shape index (κ3) is 5.63. The first-order valence-electron chi connectivity index (χ1n) is 7.85. The molecule has 1 aliphatic rings. The van der Waals surface area contributed by atoms with Gasteiger partial charge in [0.2, 0.25) is 5.91 Å². The smallest absolute Gasteiger partial charge is 0.237 e. The molecule has 0 spiro atoms. The number of aliphatic hydroxyl groups is 1. The fourth-order valence-corrected chi connectivity index (χ4v) is 2.94. The Hall–Kier alpha value is -0.870. The Morgan fingerprint density at radius 3 is 2.40 bits per heavy atom. The summed E-state index contributed by atoms with van der Waals surface area (Å²) in [5, 5.41) is 9.24. The number of hydrogen-bond donors (Lipinski definition) is 1. The maximum absolute atomic E-state index is 12.4. The summed E-state index contributed by atoms with van der Waals surface area (Å²) in [6.45, 7) is 10.3. The molecule has 0 bridgehead atoms. The lowest BCUT2D eigenvalue weighted by Gasteiger charge is -2.34. The van der Waals surface area contributed by atoms with Gasteiger partial charge in [0, 0.05) is 25.7 Å². The molecule has 1 amide bonds. The second kappa shape index (κ2) is 9.14. The first-order chi connectivity index (χ1) is 9.58. The largest absolute Gasteiger partial charge is 0.395 e. The highest BCUT2D eigenvalue weighted by molar-refractivity contribution is 5.78. The Morgan fingerprint density at radius 1 is 1.25 bits per heavy atom. The van der Waals surface area contributed by atoms with Crippen LogP contribution in [-0.2, 0) is 4.79 Å². The summed E-state index contributed by atoms with van der Waals surface area (Å²) < 4.78 is 0. The monoisotopic (exact) mass is 282 g/mol. The molecule has 1 saturated carbocycles. The zero-order valence-electron chi connectivity index (χ0n) is 13.1. The molecule has 4 heteroatoms.